The van der Waals surface area contributed by atoms with E-state index in [1.54, 1.807) is 0 Å². The summed E-state index contributed by atoms with van der Waals surface area (Å²) in [6.45, 7) is 4.34. The van der Waals surface area contributed by atoms with Crippen molar-refractivity contribution in [3.8, 4) is 0 Å². The monoisotopic (exact) mass is 296 g/mol. The van der Waals surface area contributed by atoms with Crippen LogP contribution in [-0.4, -0.2) is 40.4 Å². The molecule has 1 N–H and O–H groups in total. The quantitative estimate of drug-likeness (QED) is 0.745. The van der Waals surface area contributed by atoms with Gasteiger partial charge in [-0.25, -0.2) is 4.98 Å². The van der Waals surface area contributed by atoms with Gasteiger partial charge in [-0.3, -0.25) is 0 Å². The van der Waals surface area contributed by atoms with Crippen LogP contribution in [0.4, 0.5) is 5.13 Å². The third kappa shape index (κ3) is 5.02. The largest absolute Gasteiger partial charge is 0.360 e. The number of nitrogens with zero attached hydrogens (tertiary/aromatic N) is 3. The Labute approximate surface area is 127 Å². The molecular weight excluding hydrogens is 268 g/mol. The Morgan fingerprint density at radius 1 is 1.30 bits per heavy atom. The summed E-state index contributed by atoms with van der Waals surface area (Å²) in [4.78, 5) is 7.03. The molecular formula is C15H28N4S. The first kappa shape index (κ1) is 15.7. The zero-order valence-corrected chi connectivity index (χ0v) is 13.7. The van der Waals surface area contributed by atoms with E-state index < -0.39 is 0 Å². The fraction of sp³-hybridized carbons (Fsp3) is 0.867. The van der Waals surface area contributed by atoms with Crippen molar-refractivity contribution in [3.63, 3.8) is 0 Å². The molecule has 1 aliphatic rings. The molecule has 0 amide bonds. The van der Waals surface area contributed by atoms with Gasteiger partial charge in [0.15, 0.2) is 0 Å². The first-order valence-electron chi connectivity index (χ1n) is 8.06. The van der Waals surface area contributed by atoms with Gasteiger partial charge in [-0.1, -0.05) is 26.2 Å². The van der Waals surface area contributed by atoms with Gasteiger partial charge >= 0.3 is 0 Å². The van der Waals surface area contributed by atoms with Crippen molar-refractivity contribution in [1.29, 1.82) is 0 Å². The van der Waals surface area contributed by atoms with Crippen molar-refractivity contribution in [2.45, 2.75) is 64.3 Å². The van der Waals surface area contributed by atoms with Crippen molar-refractivity contribution in [2.75, 3.05) is 25.5 Å². The summed E-state index contributed by atoms with van der Waals surface area (Å²) in [7, 11) is 2.28. The van der Waals surface area contributed by atoms with E-state index in [9.17, 15) is 0 Å². The standard InChI is InChI=1S/C15H28N4S/c1-3-8-14-17-15(20-18-14)16-11-7-12-19(2)13-9-5-4-6-10-13/h13H,3-12H2,1-2H3,(H,16,17,18). The van der Waals surface area contributed by atoms with Crippen LogP contribution in [0.2, 0.25) is 0 Å². The Hall–Kier alpha value is -0.680. The van der Waals surface area contributed by atoms with E-state index >= 15 is 0 Å². The van der Waals surface area contributed by atoms with Gasteiger partial charge in [0, 0.05) is 30.5 Å². The van der Waals surface area contributed by atoms with Crippen molar-refractivity contribution in [1.82, 2.24) is 14.3 Å². The zero-order chi connectivity index (χ0) is 14.2. The van der Waals surface area contributed by atoms with E-state index in [0.717, 1.165) is 36.4 Å². The zero-order valence-electron chi connectivity index (χ0n) is 12.9. The Morgan fingerprint density at radius 2 is 2.10 bits per heavy atom. The van der Waals surface area contributed by atoms with Gasteiger partial charge in [-0.15, -0.1) is 0 Å². The molecule has 0 spiro atoms. The molecule has 114 valence electrons. The Balaban J connectivity index is 1.60. The maximum atomic E-state index is 4.49. The first-order chi connectivity index (χ1) is 9.79. The number of nitrogens with one attached hydrogen (secondary N) is 1. The topological polar surface area (TPSA) is 41.1 Å². The molecule has 5 heteroatoms. The van der Waals surface area contributed by atoms with E-state index in [0.29, 0.717) is 0 Å². The molecule has 0 unspecified atom stereocenters. The van der Waals surface area contributed by atoms with Gasteiger partial charge in [0.2, 0.25) is 5.13 Å². The Bertz CT molecular complexity index is 374. The Morgan fingerprint density at radius 3 is 2.85 bits per heavy atom. The average Bonchev–Trinajstić information content (AvgIpc) is 2.92. The molecule has 1 heterocycles. The van der Waals surface area contributed by atoms with Crippen LogP contribution in [-0.2, 0) is 6.42 Å². The number of hydrogen-bond acceptors (Lipinski definition) is 5. The van der Waals surface area contributed by atoms with Gasteiger partial charge in [0.05, 0.1) is 0 Å². The van der Waals surface area contributed by atoms with Crippen LogP contribution in [0, 0.1) is 0 Å². The van der Waals surface area contributed by atoms with Crippen molar-refractivity contribution < 1.29 is 0 Å². The molecule has 1 aromatic rings. The highest BCUT2D eigenvalue weighted by Gasteiger charge is 2.17. The second-order valence-corrected chi connectivity index (χ2v) is 6.57. The molecule has 20 heavy (non-hydrogen) atoms. The third-order valence-corrected chi connectivity index (χ3v) is 4.81. The highest BCUT2D eigenvalue weighted by molar-refractivity contribution is 7.09. The van der Waals surface area contributed by atoms with E-state index in [1.165, 1.54) is 56.6 Å². The number of rotatable bonds is 8. The molecule has 4 nitrogen and oxygen atoms in total. The summed E-state index contributed by atoms with van der Waals surface area (Å²) in [5.74, 6) is 0.985. The Kier molecular flexibility index (Phi) is 6.73. The van der Waals surface area contributed by atoms with Crippen LogP contribution < -0.4 is 5.32 Å². The molecule has 1 fully saturated rings. The first-order valence-corrected chi connectivity index (χ1v) is 8.83. The number of aromatic nitrogens is 2. The molecule has 0 atom stereocenters. The molecule has 2 rings (SSSR count). The smallest absolute Gasteiger partial charge is 0.202 e. The van der Waals surface area contributed by atoms with Gasteiger partial charge in [-0.2, -0.15) is 4.37 Å². The van der Waals surface area contributed by atoms with E-state index in [2.05, 4.69) is 33.5 Å². The van der Waals surface area contributed by atoms with Crippen molar-refractivity contribution in [3.05, 3.63) is 5.82 Å². The lowest BCUT2D eigenvalue weighted by molar-refractivity contribution is 0.191. The molecule has 0 aromatic carbocycles. The highest BCUT2D eigenvalue weighted by Crippen LogP contribution is 2.21. The summed E-state index contributed by atoms with van der Waals surface area (Å²) < 4.78 is 4.35. The van der Waals surface area contributed by atoms with Gasteiger partial charge in [-0.05, 0) is 39.3 Å². The van der Waals surface area contributed by atoms with Crippen molar-refractivity contribution in [2.24, 2.45) is 0 Å². The molecule has 1 saturated carbocycles. The maximum Gasteiger partial charge on any atom is 0.202 e. The van der Waals surface area contributed by atoms with Crippen LogP contribution in [0.1, 0.15) is 57.7 Å². The van der Waals surface area contributed by atoms with Crippen LogP contribution in [0.5, 0.6) is 0 Å². The minimum Gasteiger partial charge on any atom is -0.360 e. The highest BCUT2D eigenvalue weighted by atomic mass is 32.1. The van der Waals surface area contributed by atoms with Crippen LogP contribution >= 0.6 is 11.5 Å². The molecule has 1 aromatic heterocycles. The van der Waals surface area contributed by atoms with E-state index in [4.69, 9.17) is 0 Å². The fourth-order valence-corrected chi connectivity index (χ4v) is 3.52. The minimum atomic E-state index is 0.821. The van der Waals surface area contributed by atoms with Crippen LogP contribution in [0.25, 0.3) is 0 Å². The maximum absolute atomic E-state index is 4.49. The van der Waals surface area contributed by atoms with Crippen LogP contribution in [0.15, 0.2) is 0 Å². The number of aryl methyl sites for hydroxylation is 1. The predicted molar refractivity (Wildman–Crippen MR) is 86.5 cm³/mol. The summed E-state index contributed by atoms with van der Waals surface area (Å²) in [6, 6.07) is 0.821. The third-order valence-electron chi connectivity index (χ3n) is 4.10. The second kappa shape index (κ2) is 8.57. The summed E-state index contributed by atoms with van der Waals surface area (Å²) in [5.41, 5.74) is 0. The molecule has 0 radical (unpaired) electrons. The molecule has 0 saturated heterocycles. The number of hydrogen-bond donors (Lipinski definition) is 1. The van der Waals surface area contributed by atoms with Crippen LogP contribution in [0.3, 0.4) is 0 Å². The lowest BCUT2D eigenvalue weighted by atomic mass is 9.94. The fourth-order valence-electron chi connectivity index (χ4n) is 2.88. The second-order valence-electron chi connectivity index (χ2n) is 5.82. The SMILES string of the molecule is CCCc1nsc(NCCCN(C)C2CCCCC2)n1. The van der Waals surface area contributed by atoms with Gasteiger partial charge in [0.25, 0.3) is 0 Å². The molecule has 0 aliphatic heterocycles. The summed E-state index contributed by atoms with van der Waals surface area (Å²) in [6.07, 6.45) is 10.3. The average molecular weight is 296 g/mol. The number of anilines is 1. The van der Waals surface area contributed by atoms with Gasteiger partial charge in [0.1, 0.15) is 5.82 Å². The van der Waals surface area contributed by atoms with E-state index in [1.807, 2.05) is 0 Å². The predicted octanol–water partition coefficient (Wildman–Crippen LogP) is 3.56. The summed E-state index contributed by atoms with van der Waals surface area (Å²) in [5, 5.41) is 4.38. The lowest BCUT2D eigenvalue weighted by Crippen LogP contribution is -2.34. The minimum absolute atomic E-state index is 0.821. The van der Waals surface area contributed by atoms with Crippen molar-refractivity contribution >= 4 is 16.7 Å². The lowest BCUT2D eigenvalue weighted by Gasteiger charge is -2.31. The van der Waals surface area contributed by atoms with Gasteiger partial charge < -0.3 is 10.2 Å². The molecule has 1 aliphatic carbocycles. The summed E-state index contributed by atoms with van der Waals surface area (Å²) >= 11 is 1.49. The van der Waals surface area contributed by atoms with E-state index in [-0.39, 0.29) is 0 Å². The molecule has 0 bridgehead atoms. The normalized spacial score (nSPS) is 16.8.